The second kappa shape index (κ2) is 4.76. The summed E-state index contributed by atoms with van der Waals surface area (Å²) in [5, 5.41) is 0.779. The number of amidine groups is 1. The van der Waals surface area contributed by atoms with E-state index < -0.39 is 0 Å². The molecular weight excluding hydrogens is 344 g/mol. The summed E-state index contributed by atoms with van der Waals surface area (Å²) >= 11 is 5.39. The van der Waals surface area contributed by atoms with Crippen molar-refractivity contribution in [2.45, 2.75) is 44.6 Å². The highest BCUT2D eigenvalue weighted by Crippen LogP contribution is 2.63. The molecule has 1 aromatic carbocycles. The summed E-state index contributed by atoms with van der Waals surface area (Å²) in [6.45, 7) is 2.39. The molecule has 4 heteroatoms. The molecule has 0 radical (unpaired) electrons. The molecule has 0 aromatic heterocycles. The fourth-order valence-electron chi connectivity index (χ4n) is 4.63. The summed E-state index contributed by atoms with van der Waals surface area (Å²) < 4.78 is 1.16. The Morgan fingerprint density at radius 2 is 2.10 bits per heavy atom. The summed E-state index contributed by atoms with van der Waals surface area (Å²) in [6, 6.07) is 6.76. The van der Waals surface area contributed by atoms with Crippen molar-refractivity contribution in [3.8, 4) is 0 Å². The van der Waals surface area contributed by atoms with Crippen molar-refractivity contribution in [1.29, 1.82) is 0 Å². The number of hydrogen-bond acceptors (Lipinski definition) is 3. The Labute approximate surface area is 139 Å². The Bertz CT molecular complexity index is 619. The number of benzene rings is 1. The van der Waals surface area contributed by atoms with E-state index in [-0.39, 0.29) is 5.54 Å². The zero-order valence-corrected chi connectivity index (χ0v) is 14.8. The second-order valence-corrected chi connectivity index (χ2v) is 8.95. The molecule has 0 amide bonds. The molecule has 4 rings (SSSR count). The molecule has 2 spiro atoms. The van der Waals surface area contributed by atoms with Gasteiger partial charge in [0, 0.05) is 15.6 Å². The van der Waals surface area contributed by atoms with Crippen LogP contribution in [0.5, 0.6) is 0 Å². The largest absolute Gasteiger partial charge is 0.379 e. The molecule has 1 saturated carbocycles. The van der Waals surface area contributed by atoms with Crippen LogP contribution in [0.2, 0.25) is 0 Å². The quantitative estimate of drug-likeness (QED) is 0.737. The van der Waals surface area contributed by atoms with Crippen molar-refractivity contribution in [3.63, 3.8) is 0 Å². The fraction of sp³-hybridized carbons (Fsp3) is 0.588. The monoisotopic (exact) mass is 364 g/mol. The van der Waals surface area contributed by atoms with Gasteiger partial charge in [-0.3, -0.25) is 0 Å². The van der Waals surface area contributed by atoms with Gasteiger partial charge in [-0.25, -0.2) is 4.99 Å². The van der Waals surface area contributed by atoms with Crippen LogP contribution in [0.25, 0.3) is 0 Å². The Kier molecular flexibility index (Phi) is 3.20. The third kappa shape index (κ3) is 1.94. The van der Waals surface area contributed by atoms with Crippen molar-refractivity contribution in [2.24, 2.45) is 22.1 Å². The van der Waals surface area contributed by atoms with Crippen LogP contribution in [0.4, 0.5) is 0 Å². The lowest BCUT2D eigenvalue weighted by Crippen LogP contribution is -2.44. The van der Waals surface area contributed by atoms with Gasteiger partial charge in [0.1, 0.15) is 5.54 Å². The first-order valence-electron chi connectivity index (χ1n) is 7.82. The smallest absolute Gasteiger partial charge is 0.154 e. The lowest BCUT2D eigenvalue weighted by atomic mass is 9.61. The van der Waals surface area contributed by atoms with E-state index in [0.29, 0.717) is 5.41 Å². The molecule has 0 saturated heterocycles. The average molecular weight is 365 g/mol. The van der Waals surface area contributed by atoms with Crippen molar-refractivity contribution < 1.29 is 0 Å². The van der Waals surface area contributed by atoms with E-state index in [1.165, 1.54) is 43.2 Å². The van der Waals surface area contributed by atoms with Crippen LogP contribution in [0.3, 0.4) is 0 Å². The lowest BCUT2D eigenvalue weighted by molar-refractivity contribution is 0.0825. The molecule has 0 bridgehead atoms. The molecule has 21 heavy (non-hydrogen) atoms. The molecule has 1 aromatic rings. The van der Waals surface area contributed by atoms with E-state index in [0.717, 1.165) is 21.3 Å². The molecule has 1 fully saturated rings. The minimum atomic E-state index is -0.0684. The van der Waals surface area contributed by atoms with E-state index in [1.807, 2.05) is 0 Å². The van der Waals surface area contributed by atoms with Crippen LogP contribution in [0.1, 0.15) is 43.7 Å². The van der Waals surface area contributed by atoms with Crippen LogP contribution in [-0.4, -0.2) is 10.9 Å². The third-order valence-electron chi connectivity index (χ3n) is 5.89. The molecule has 2 nitrogen and oxygen atoms in total. The van der Waals surface area contributed by atoms with E-state index in [2.05, 4.69) is 41.1 Å². The van der Waals surface area contributed by atoms with Gasteiger partial charge >= 0.3 is 0 Å². The SMILES string of the molecule is CC1CCC2(CC1)Cc1ccc(Br)cc1C21CSC(N)=N1. The van der Waals surface area contributed by atoms with Gasteiger partial charge in [0.15, 0.2) is 5.17 Å². The Morgan fingerprint density at radius 3 is 2.76 bits per heavy atom. The topological polar surface area (TPSA) is 38.4 Å². The number of fused-ring (bicyclic) bond motifs is 3. The number of thioether (sulfide) groups is 1. The van der Waals surface area contributed by atoms with Crippen LogP contribution in [-0.2, 0) is 12.0 Å². The summed E-state index contributed by atoms with van der Waals surface area (Å²) in [5.41, 5.74) is 9.26. The van der Waals surface area contributed by atoms with Gasteiger partial charge < -0.3 is 5.73 Å². The summed E-state index contributed by atoms with van der Waals surface area (Å²) in [7, 11) is 0. The first kappa shape index (κ1) is 14.1. The van der Waals surface area contributed by atoms with Crippen molar-refractivity contribution in [3.05, 3.63) is 33.8 Å². The number of halogens is 1. The number of aliphatic imine (C=N–C) groups is 1. The van der Waals surface area contributed by atoms with Crippen LogP contribution in [0.15, 0.2) is 27.7 Å². The maximum absolute atomic E-state index is 6.10. The van der Waals surface area contributed by atoms with Crippen molar-refractivity contribution in [2.75, 3.05) is 5.75 Å². The molecule has 1 aliphatic heterocycles. The second-order valence-electron chi connectivity index (χ2n) is 7.04. The molecule has 2 N–H and O–H groups in total. The highest BCUT2D eigenvalue weighted by molar-refractivity contribution is 9.10. The molecule has 3 aliphatic rings. The van der Waals surface area contributed by atoms with Gasteiger partial charge in [-0.15, -0.1) is 0 Å². The first-order valence-corrected chi connectivity index (χ1v) is 9.60. The van der Waals surface area contributed by atoms with Gasteiger partial charge in [0.05, 0.1) is 0 Å². The van der Waals surface area contributed by atoms with Crippen LogP contribution in [0, 0.1) is 11.3 Å². The highest BCUT2D eigenvalue weighted by atomic mass is 79.9. The zero-order chi connectivity index (χ0) is 14.7. The number of hydrogen-bond donors (Lipinski definition) is 1. The molecule has 112 valence electrons. The van der Waals surface area contributed by atoms with Crippen molar-refractivity contribution >= 4 is 32.9 Å². The minimum Gasteiger partial charge on any atom is -0.379 e. The van der Waals surface area contributed by atoms with E-state index in [9.17, 15) is 0 Å². The maximum atomic E-state index is 6.10. The predicted octanol–water partition coefficient (Wildman–Crippen LogP) is 4.46. The Hall–Kier alpha value is -0.480. The Morgan fingerprint density at radius 1 is 1.33 bits per heavy atom. The standard InChI is InChI=1S/C17H21BrN2S/c1-11-4-6-16(7-5-11)9-12-2-3-13(18)8-14(12)17(16)10-21-15(19)20-17/h2-3,8,11H,4-7,9-10H2,1H3,(H2,19,20). The molecule has 2 aliphatic carbocycles. The predicted molar refractivity (Wildman–Crippen MR) is 93.7 cm³/mol. The molecule has 1 heterocycles. The van der Waals surface area contributed by atoms with Crippen LogP contribution < -0.4 is 5.73 Å². The summed E-state index contributed by atoms with van der Waals surface area (Å²) in [6.07, 6.45) is 6.42. The Balaban J connectivity index is 1.87. The third-order valence-corrected chi connectivity index (χ3v) is 7.33. The number of rotatable bonds is 0. The molecular formula is C17H21BrN2S. The van der Waals surface area contributed by atoms with Gasteiger partial charge in [0.25, 0.3) is 0 Å². The minimum absolute atomic E-state index is 0.0684. The number of nitrogens with zero attached hydrogens (tertiary/aromatic N) is 1. The van der Waals surface area contributed by atoms with Gasteiger partial charge in [-0.1, -0.05) is 53.5 Å². The highest BCUT2D eigenvalue weighted by Gasteiger charge is 2.59. The lowest BCUT2D eigenvalue weighted by Gasteiger charge is -2.46. The first-order chi connectivity index (χ1) is 10.0. The van der Waals surface area contributed by atoms with Gasteiger partial charge in [-0.2, -0.15) is 0 Å². The average Bonchev–Trinajstić information content (AvgIpc) is 2.97. The van der Waals surface area contributed by atoms with Gasteiger partial charge in [-0.05, 0) is 48.4 Å². The van der Waals surface area contributed by atoms with E-state index >= 15 is 0 Å². The van der Waals surface area contributed by atoms with E-state index in [4.69, 9.17) is 10.7 Å². The fourth-order valence-corrected chi connectivity index (χ4v) is 6.09. The van der Waals surface area contributed by atoms with Crippen molar-refractivity contribution in [1.82, 2.24) is 0 Å². The normalized spacial score (nSPS) is 38.0. The molecule has 1 unspecified atom stereocenters. The summed E-state index contributed by atoms with van der Waals surface area (Å²) in [5.74, 6) is 1.88. The zero-order valence-electron chi connectivity index (χ0n) is 12.4. The van der Waals surface area contributed by atoms with Gasteiger partial charge in [0.2, 0.25) is 0 Å². The molecule has 1 atom stereocenters. The van der Waals surface area contributed by atoms with E-state index in [1.54, 1.807) is 11.8 Å². The maximum Gasteiger partial charge on any atom is 0.154 e. The number of nitrogens with two attached hydrogens (primary N) is 1. The van der Waals surface area contributed by atoms with Crippen LogP contribution >= 0.6 is 27.7 Å². The summed E-state index contributed by atoms with van der Waals surface area (Å²) in [4.78, 5) is 5.04.